The van der Waals surface area contributed by atoms with Gasteiger partial charge in [0.25, 0.3) is 0 Å². The Morgan fingerprint density at radius 3 is 2.77 bits per heavy atom. The van der Waals surface area contributed by atoms with Gasteiger partial charge < -0.3 is 26.6 Å². The molecule has 0 radical (unpaired) electrons. The van der Waals surface area contributed by atoms with E-state index in [2.05, 4.69) is 15.2 Å². The molecule has 1 heterocycles. The van der Waals surface area contributed by atoms with E-state index in [1.807, 2.05) is 0 Å². The minimum atomic E-state index is -0.988. The molecule has 1 fully saturated rings. The summed E-state index contributed by atoms with van der Waals surface area (Å²) in [6, 6.07) is -1.20. The molecule has 1 aliphatic carbocycles. The van der Waals surface area contributed by atoms with Crippen LogP contribution in [-0.4, -0.2) is 72.8 Å². The number of aliphatic carboxylic acids is 1. The zero-order chi connectivity index (χ0) is 19.3. The fraction of sp³-hybridized carbons (Fsp3) is 0.706. The van der Waals surface area contributed by atoms with Gasteiger partial charge >= 0.3 is 5.97 Å². The van der Waals surface area contributed by atoms with Crippen molar-refractivity contribution in [1.29, 1.82) is 0 Å². The average molecular weight is 367 g/mol. The van der Waals surface area contributed by atoms with Crippen LogP contribution in [0.2, 0.25) is 0 Å². The third-order valence-electron chi connectivity index (χ3n) is 4.92. The second-order valence-corrected chi connectivity index (χ2v) is 7.00. The van der Waals surface area contributed by atoms with Crippen molar-refractivity contribution in [3.8, 4) is 0 Å². The van der Waals surface area contributed by atoms with E-state index in [0.29, 0.717) is 12.5 Å². The first-order valence-corrected chi connectivity index (χ1v) is 8.84. The van der Waals surface area contributed by atoms with E-state index >= 15 is 0 Å². The largest absolute Gasteiger partial charge is 0.478 e. The van der Waals surface area contributed by atoms with Crippen molar-refractivity contribution in [3.63, 3.8) is 0 Å². The molecule has 0 saturated carbocycles. The fourth-order valence-electron chi connectivity index (χ4n) is 3.92. The molecule has 2 rings (SSSR count). The first-order valence-electron chi connectivity index (χ1n) is 8.84. The second kappa shape index (κ2) is 9.00. The molecule has 0 bridgehead atoms. The van der Waals surface area contributed by atoms with Crippen LogP contribution in [0, 0.1) is 5.92 Å². The Bertz CT molecular complexity index is 586. The molecule has 0 aromatic rings. The number of nitrogens with zero attached hydrogens (tertiary/aromatic N) is 2. The number of nitrogens with one attached hydrogen (secondary N) is 1. The number of carboxylic acids is 1. The molecule has 0 aromatic carbocycles. The number of likely N-dealkylation sites (tertiary alicyclic amines) is 1. The molecule has 1 saturated heterocycles. The highest BCUT2D eigenvalue weighted by atomic mass is 16.5. The Balaban J connectivity index is 2.35. The lowest BCUT2D eigenvalue weighted by Gasteiger charge is -2.44. The number of carbonyl (C=O) groups excluding carboxylic acids is 1. The van der Waals surface area contributed by atoms with Gasteiger partial charge in [0.1, 0.15) is 0 Å². The smallest absolute Gasteiger partial charge is 0.331 e. The van der Waals surface area contributed by atoms with E-state index in [0.717, 1.165) is 25.9 Å². The van der Waals surface area contributed by atoms with Crippen LogP contribution in [0.15, 0.2) is 16.6 Å². The summed E-state index contributed by atoms with van der Waals surface area (Å²) in [7, 11) is 1.68. The van der Waals surface area contributed by atoms with E-state index < -0.39 is 12.0 Å². The Labute approximate surface area is 153 Å². The average Bonchev–Trinajstić information content (AvgIpc) is 2.55. The quantitative estimate of drug-likeness (QED) is 0.358. The van der Waals surface area contributed by atoms with E-state index in [1.165, 1.54) is 6.92 Å². The Kier molecular flexibility index (Phi) is 6.98. The molecule has 0 aromatic heterocycles. The van der Waals surface area contributed by atoms with Crippen molar-refractivity contribution >= 4 is 17.8 Å². The summed E-state index contributed by atoms with van der Waals surface area (Å²) in [5.74, 6) is -0.936. The maximum Gasteiger partial charge on any atom is 0.331 e. The first kappa shape index (κ1) is 20.2. The number of amides is 1. The summed E-state index contributed by atoms with van der Waals surface area (Å²) in [6.07, 6.45) is 3.95. The van der Waals surface area contributed by atoms with Gasteiger partial charge in [-0.1, -0.05) is 6.08 Å². The molecule has 6 N–H and O–H groups in total. The monoisotopic (exact) mass is 367 g/mol. The van der Waals surface area contributed by atoms with Crippen LogP contribution >= 0.6 is 0 Å². The van der Waals surface area contributed by atoms with E-state index in [-0.39, 0.29) is 35.9 Å². The van der Waals surface area contributed by atoms with Crippen LogP contribution in [0.1, 0.15) is 26.2 Å². The van der Waals surface area contributed by atoms with Gasteiger partial charge in [-0.2, -0.15) is 0 Å². The summed E-state index contributed by atoms with van der Waals surface area (Å²) in [5, 5.41) is 12.4. The standard InChI is InChI=1S/C17H29N5O4/c1-10(23)20-15-13(21-17(18)19)6-12(16(24)25)7-14(15)22-5-3-4-11(8-22)9-26-2/h7,11,13-15H,3-6,8-9H2,1-2H3,(H,20,23)(H,24,25)(H4,18,19,21)/t11?,13-,14+,15+/m0/s1. The normalized spacial score (nSPS) is 29.5. The number of guanidine groups is 1. The molecule has 1 unspecified atom stereocenters. The van der Waals surface area contributed by atoms with Crippen molar-refractivity contribution in [2.45, 2.75) is 44.3 Å². The van der Waals surface area contributed by atoms with Crippen LogP contribution in [0.4, 0.5) is 0 Å². The fourth-order valence-corrected chi connectivity index (χ4v) is 3.92. The predicted octanol–water partition coefficient (Wildman–Crippen LogP) is -0.725. The highest BCUT2D eigenvalue weighted by Crippen LogP contribution is 2.29. The number of hydrogen-bond acceptors (Lipinski definition) is 5. The minimum Gasteiger partial charge on any atom is -0.478 e. The number of carboxylic acid groups (broad SMARTS) is 1. The van der Waals surface area contributed by atoms with Crippen LogP contribution in [0.3, 0.4) is 0 Å². The van der Waals surface area contributed by atoms with Gasteiger partial charge in [-0.3, -0.25) is 9.69 Å². The van der Waals surface area contributed by atoms with Crippen LogP contribution in [-0.2, 0) is 14.3 Å². The topological polar surface area (TPSA) is 143 Å². The summed E-state index contributed by atoms with van der Waals surface area (Å²) in [6.45, 7) is 3.68. The number of piperidine rings is 1. The molecule has 1 aliphatic heterocycles. The number of rotatable bonds is 6. The van der Waals surface area contributed by atoms with Crippen LogP contribution in [0.25, 0.3) is 0 Å². The number of methoxy groups -OCH3 is 1. The molecule has 4 atom stereocenters. The molecule has 26 heavy (non-hydrogen) atoms. The SMILES string of the molecule is COCC1CCCN([C@@H]2C=C(C(=O)O)C[C@H](N=C(N)N)[C@H]2NC(C)=O)C1. The number of carbonyl (C=O) groups is 2. The zero-order valence-corrected chi connectivity index (χ0v) is 15.4. The Morgan fingerprint density at radius 1 is 1.46 bits per heavy atom. The summed E-state index contributed by atoms with van der Waals surface area (Å²) in [4.78, 5) is 29.8. The van der Waals surface area contributed by atoms with Crippen molar-refractivity contribution in [1.82, 2.24) is 10.2 Å². The Morgan fingerprint density at radius 2 is 2.19 bits per heavy atom. The highest BCUT2D eigenvalue weighted by molar-refractivity contribution is 5.87. The second-order valence-electron chi connectivity index (χ2n) is 7.00. The number of nitrogens with two attached hydrogens (primary N) is 2. The Hall–Kier alpha value is -2.13. The van der Waals surface area contributed by atoms with Crippen molar-refractivity contribution in [2.75, 3.05) is 26.8 Å². The summed E-state index contributed by atoms with van der Waals surface area (Å²) < 4.78 is 5.28. The van der Waals surface area contributed by atoms with E-state index in [4.69, 9.17) is 16.2 Å². The van der Waals surface area contributed by atoms with E-state index in [9.17, 15) is 14.7 Å². The van der Waals surface area contributed by atoms with Crippen LogP contribution < -0.4 is 16.8 Å². The molecule has 2 aliphatic rings. The molecule has 146 valence electrons. The van der Waals surface area contributed by atoms with Gasteiger partial charge in [-0.25, -0.2) is 9.79 Å². The molecule has 9 heteroatoms. The third-order valence-corrected chi connectivity index (χ3v) is 4.92. The van der Waals surface area contributed by atoms with Crippen LogP contribution in [0.5, 0.6) is 0 Å². The number of hydrogen-bond donors (Lipinski definition) is 4. The van der Waals surface area contributed by atoms with Gasteiger partial charge in [-0.05, 0) is 25.3 Å². The molecule has 9 nitrogen and oxygen atoms in total. The van der Waals surface area contributed by atoms with Gasteiger partial charge in [0, 0.05) is 32.6 Å². The van der Waals surface area contributed by atoms with E-state index in [1.54, 1.807) is 13.2 Å². The molecular weight excluding hydrogens is 338 g/mol. The summed E-state index contributed by atoms with van der Waals surface area (Å²) in [5.41, 5.74) is 11.3. The van der Waals surface area contributed by atoms with Gasteiger partial charge in [0.15, 0.2) is 5.96 Å². The lowest BCUT2D eigenvalue weighted by molar-refractivity contribution is -0.133. The van der Waals surface area contributed by atoms with Gasteiger partial charge in [0.05, 0.1) is 24.7 Å². The zero-order valence-electron chi connectivity index (χ0n) is 15.4. The molecule has 1 amide bonds. The molecule has 0 spiro atoms. The van der Waals surface area contributed by atoms with Gasteiger partial charge in [0.2, 0.25) is 5.91 Å². The van der Waals surface area contributed by atoms with Crippen molar-refractivity contribution in [2.24, 2.45) is 22.4 Å². The lowest BCUT2D eigenvalue weighted by atomic mass is 9.84. The van der Waals surface area contributed by atoms with Crippen molar-refractivity contribution < 1.29 is 19.4 Å². The van der Waals surface area contributed by atoms with Gasteiger partial charge in [-0.15, -0.1) is 0 Å². The van der Waals surface area contributed by atoms with Crippen molar-refractivity contribution in [3.05, 3.63) is 11.6 Å². The predicted molar refractivity (Wildman–Crippen MR) is 97.5 cm³/mol. The summed E-state index contributed by atoms with van der Waals surface area (Å²) >= 11 is 0. The maximum absolute atomic E-state index is 11.8. The molecular formula is C17H29N5O4. The third kappa shape index (κ3) is 5.18. The number of ether oxygens (including phenoxy) is 1. The highest BCUT2D eigenvalue weighted by Gasteiger charge is 2.40. The maximum atomic E-state index is 11.8. The minimum absolute atomic E-state index is 0.119. The first-order chi connectivity index (χ1) is 12.3. The lowest BCUT2D eigenvalue weighted by Crippen LogP contribution is -2.59. The number of aliphatic imine (C=N–C) groups is 1.